The van der Waals surface area contributed by atoms with Crippen molar-refractivity contribution in [2.45, 2.75) is 19.4 Å². The summed E-state index contributed by atoms with van der Waals surface area (Å²) < 4.78 is 0. The van der Waals surface area contributed by atoms with E-state index in [-0.39, 0.29) is 35.4 Å². The summed E-state index contributed by atoms with van der Waals surface area (Å²) in [5, 5.41) is 27.3. The van der Waals surface area contributed by atoms with Crippen molar-refractivity contribution in [1.29, 1.82) is 5.26 Å². The molecular formula is C13H16N2O3. The van der Waals surface area contributed by atoms with Crippen LogP contribution in [0.1, 0.15) is 23.7 Å². The second-order valence-electron chi connectivity index (χ2n) is 4.25. The zero-order chi connectivity index (χ0) is 13.7. The number of aromatic hydroxyl groups is 2. The Kier molecular flexibility index (Phi) is 4.69. The predicted octanol–water partition coefficient (Wildman–Crippen LogP) is 1.51. The first-order chi connectivity index (χ1) is 8.45. The summed E-state index contributed by atoms with van der Waals surface area (Å²) in [7, 11) is 1.75. The first kappa shape index (κ1) is 14.0. The Labute approximate surface area is 106 Å². The maximum absolute atomic E-state index is 11.9. The number of ketones is 1. The van der Waals surface area contributed by atoms with Gasteiger partial charge in [0, 0.05) is 12.1 Å². The van der Waals surface area contributed by atoms with Crippen molar-refractivity contribution in [3.8, 4) is 17.6 Å². The van der Waals surface area contributed by atoms with Crippen LogP contribution in [0.2, 0.25) is 0 Å². The highest BCUT2D eigenvalue weighted by Gasteiger charge is 2.17. The lowest BCUT2D eigenvalue weighted by Crippen LogP contribution is -2.33. The number of rotatable bonds is 5. The van der Waals surface area contributed by atoms with Crippen molar-refractivity contribution in [1.82, 2.24) is 4.90 Å². The fourth-order valence-corrected chi connectivity index (χ4v) is 1.51. The third-order valence-electron chi connectivity index (χ3n) is 2.81. The molecule has 0 saturated carbocycles. The zero-order valence-corrected chi connectivity index (χ0v) is 10.4. The van der Waals surface area contributed by atoms with Crippen LogP contribution in [0.5, 0.6) is 11.5 Å². The van der Waals surface area contributed by atoms with Crippen LogP contribution in [0.25, 0.3) is 0 Å². The van der Waals surface area contributed by atoms with Crippen molar-refractivity contribution >= 4 is 5.78 Å². The normalized spacial score (nSPS) is 12.1. The van der Waals surface area contributed by atoms with E-state index in [1.807, 2.05) is 13.0 Å². The number of nitriles is 1. The lowest BCUT2D eigenvalue weighted by Gasteiger charge is -2.21. The molecule has 1 rings (SSSR count). The van der Waals surface area contributed by atoms with Gasteiger partial charge in [-0.05, 0) is 26.1 Å². The van der Waals surface area contributed by atoms with E-state index in [1.165, 1.54) is 12.1 Å². The Balaban J connectivity index is 2.74. The molecular weight excluding hydrogens is 232 g/mol. The number of likely N-dealkylation sites (N-methyl/N-ethyl adjacent to an activating group) is 1. The van der Waals surface area contributed by atoms with Crippen LogP contribution in [-0.4, -0.2) is 40.5 Å². The van der Waals surface area contributed by atoms with Gasteiger partial charge in [0.25, 0.3) is 0 Å². The minimum atomic E-state index is -0.250. The molecule has 0 bridgehead atoms. The number of phenolic OH excluding ortho intramolecular Hbond substituents is 2. The van der Waals surface area contributed by atoms with Crippen LogP contribution in [0.3, 0.4) is 0 Å². The molecule has 5 nitrogen and oxygen atoms in total. The van der Waals surface area contributed by atoms with E-state index in [0.29, 0.717) is 6.42 Å². The number of carbonyl (C=O) groups is 1. The second-order valence-corrected chi connectivity index (χ2v) is 4.25. The van der Waals surface area contributed by atoms with Crippen molar-refractivity contribution in [3.63, 3.8) is 0 Å². The van der Waals surface area contributed by atoms with Gasteiger partial charge < -0.3 is 10.2 Å². The van der Waals surface area contributed by atoms with Crippen LogP contribution in [0.15, 0.2) is 18.2 Å². The van der Waals surface area contributed by atoms with Gasteiger partial charge in [0.15, 0.2) is 5.78 Å². The van der Waals surface area contributed by atoms with E-state index < -0.39 is 0 Å². The first-order valence-corrected chi connectivity index (χ1v) is 5.58. The highest BCUT2D eigenvalue weighted by molar-refractivity contribution is 6.00. The predicted molar refractivity (Wildman–Crippen MR) is 66.4 cm³/mol. The quantitative estimate of drug-likeness (QED) is 0.772. The highest BCUT2D eigenvalue weighted by atomic mass is 16.3. The minimum absolute atomic E-state index is 0.0294. The summed E-state index contributed by atoms with van der Waals surface area (Å²) in [6, 6.07) is 5.88. The number of hydrogen-bond donors (Lipinski definition) is 2. The van der Waals surface area contributed by atoms with Gasteiger partial charge in [-0.1, -0.05) is 0 Å². The molecule has 0 aliphatic carbocycles. The molecule has 0 heterocycles. The summed E-state index contributed by atoms with van der Waals surface area (Å²) in [5.74, 6) is -0.573. The van der Waals surface area contributed by atoms with Gasteiger partial charge >= 0.3 is 0 Å². The summed E-state index contributed by atoms with van der Waals surface area (Å²) in [6.45, 7) is 1.97. The van der Waals surface area contributed by atoms with E-state index >= 15 is 0 Å². The molecule has 0 spiro atoms. The molecule has 0 aliphatic rings. The monoisotopic (exact) mass is 248 g/mol. The number of benzene rings is 1. The summed E-state index contributed by atoms with van der Waals surface area (Å²) in [5.41, 5.74) is 0.170. The number of phenols is 2. The molecule has 0 fully saturated rings. The number of hydrogen-bond acceptors (Lipinski definition) is 5. The molecule has 18 heavy (non-hydrogen) atoms. The Hall–Kier alpha value is -2.06. The smallest absolute Gasteiger partial charge is 0.180 e. The first-order valence-electron chi connectivity index (χ1n) is 5.58. The van der Waals surface area contributed by atoms with Crippen LogP contribution < -0.4 is 0 Å². The number of Topliss-reactive ketones (excluding diaryl/α,β-unsaturated/α-hetero) is 1. The van der Waals surface area contributed by atoms with Gasteiger partial charge in [-0.2, -0.15) is 5.26 Å². The lowest BCUT2D eigenvalue weighted by molar-refractivity contribution is 0.0923. The van der Waals surface area contributed by atoms with Crippen LogP contribution in [0, 0.1) is 11.3 Å². The summed E-state index contributed by atoms with van der Waals surface area (Å²) in [6.07, 6.45) is 0.339. The van der Waals surface area contributed by atoms with Gasteiger partial charge in [-0.3, -0.25) is 9.69 Å². The largest absolute Gasteiger partial charge is 0.508 e. The van der Waals surface area contributed by atoms with E-state index in [0.717, 1.165) is 6.07 Å². The summed E-state index contributed by atoms with van der Waals surface area (Å²) in [4.78, 5) is 13.7. The Morgan fingerprint density at radius 2 is 2.17 bits per heavy atom. The molecule has 1 aromatic rings. The van der Waals surface area contributed by atoms with Gasteiger partial charge in [-0.15, -0.1) is 0 Å². The van der Waals surface area contributed by atoms with Crippen LogP contribution in [-0.2, 0) is 0 Å². The highest BCUT2D eigenvalue weighted by Crippen LogP contribution is 2.23. The molecule has 96 valence electrons. The Morgan fingerprint density at radius 3 is 2.72 bits per heavy atom. The zero-order valence-electron chi connectivity index (χ0n) is 10.4. The molecule has 5 heteroatoms. The molecule has 0 aromatic heterocycles. The van der Waals surface area contributed by atoms with E-state index in [4.69, 9.17) is 10.4 Å². The van der Waals surface area contributed by atoms with E-state index in [1.54, 1.807) is 11.9 Å². The molecule has 1 unspecified atom stereocenters. The molecule has 0 aliphatic heterocycles. The van der Waals surface area contributed by atoms with Gasteiger partial charge in [-0.25, -0.2) is 0 Å². The van der Waals surface area contributed by atoms with Crippen molar-refractivity contribution in [2.24, 2.45) is 0 Å². The van der Waals surface area contributed by atoms with Crippen molar-refractivity contribution < 1.29 is 15.0 Å². The van der Waals surface area contributed by atoms with E-state index in [2.05, 4.69) is 0 Å². The minimum Gasteiger partial charge on any atom is -0.508 e. The fraction of sp³-hybridized carbons (Fsp3) is 0.385. The SMILES string of the molecule is CC(CC#N)N(C)CC(=O)c1ccc(O)cc1O. The molecule has 1 atom stereocenters. The van der Waals surface area contributed by atoms with Gasteiger partial charge in [0.2, 0.25) is 0 Å². The molecule has 2 N–H and O–H groups in total. The Bertz CT molecular complexity index is 480. The molecule has 0 saturated heterocycles. The number of carbonyl (C=O) groups excluding carboxylic acids is 1. The maximum Gasteiger partial charge on any atom is 0.180 e. The van der Waals surface area contributed by atoms with Crippen LogP contribution in [0.4, 0.5) is 0 Å². The third-order valence-corrected chi connectivity index (χ3v) is 2.81. The lowest BCUT2D eigenvalue weighted by atomic mass is 10.1. The van der Waals surface area contributed by atoms with Gasteiger partial charge in [0.1, 0.15) is 11.5 Å². The Morgan fingerprint density at radius 1 is 1.50 bits per heavy atom. The fourth-order valence-electron chi connectivity index (χ4n) is 1.51. The van der Waals surface area contributed by atoms with Gasteiger partial charge in [0.05, 0.1) is 24.6 Å². The van der Waals surface area contributed by atoms with Crippen molar-refractivity contribution in [3.05, 3.63) is 23.8 Å². The average Bonchev–Trinajstić information content (AvgIpc) is 2.28. The topological polar surface area (TPSA) is 84.6 Å². The molecule has 0 radical (unpaired) electrons. The molecule has 0 amide bonds. The average molecular weight is 248 g/mol. The van der Waals surface area contributed by atoms with E-state index in [9.17, 15) is 9.90 Å². The van der Waals surface area contributed by atoms with Crippen molar-refractivity contribution in [2.75, 3.05) is 13.6 Å². The summed E-state index contributed by atoms with van der Waals surface area (Å²) >= 11 is 0. The molecule has 1 aromatic carbocycles. The standard InChI is InChI=1S/C13H16N2O3/c1-9(5-6-14)15(2)8-13(18)11-4-3-10(16)7-12(11)17/h3-4,7,9,16-17H,5,8H2,1-2H3. The number of nitrogens with zero attached hydrogens (tertiary/aromatic N) is 2. The third kappa shape index (κ3) is 3.47. The van der Waals surface area contributed by atoms with Crippen LogP contribution >= 0.6 is 0 Å². The second kappa shape index (κ2) is 6.03. The maximum atomic E-state index is 11.9.